The molecule has 0 saturated carbocycles. The van der Waals surface area contributed by atoms with Crippen molar-refractivity contribution in [3.63, 3.8) is 0 Å². The van der Waals surface area contributed by atoms with E-state index < -0.39 is 0 Å². The summed E-state index contributed by atoms with van der Waals surface area (Å²) in [4.78, 5) is 2.51. The number of benzene rings is 1. The van der Waals surface area contributed by atoms with Crippen LogP contribution in [0.3, 0.4) is 0 Å². The van der Waals surface area contributed by atoms with E-state index in [2.05, 4.69) is 51.7 Å². The molecule has 1 rings (SSSR count). The molecule has 0 amide bonds. The average molecular weight is 275 g/mol. The first-order chi connectivity index (χ1) is 9.73. The van der Waals surface area contributed by atoms with Gasteiger partial charge in [0.05, 0.1) is 0 Å². The van der Waals surface area contributed by atoms with Crippen molar-refractivity contribution in [3.8, 4) is 0 Å². The van der Waals surface area contributed by atoms with Gasteiger partial charge in [-0.2, -0.15) is 0 Å². The van der Waals surface area contributed by atoms with Crippen molar-refractivity contribution in [1.82, 2.24) is 0 Å². The van der Waals surface area contributed by atoms with Crippen LogP contribution in [-0.4, -0.2) is 13.1 Å². The number of rotatable bonds is 9. The topological polar surface area (TPSA) is 3.24 Å². The molecule has 0 aliphatic rings. The quantitative estimate of drug-likeness (QED) is 0.584. The second kappa shape index (κ2) is 9.05. The minimum atomic E-state index is 1.10. The Morgan fingerprint density at radius 2 is 1.25 bits per heavy atom. The molecule has 0 radical (unpaired) electrons. The van der Waals surface area contributed by atoms with Crippen LogP contribution in [0, 0.1) is 0 Å². The van der Waals surface area contributed by atoms with E-state index in [9.17, 15) is 0 Å². The molecule has 1 aromatic carbocycles. The maximum Gasteiger partial charge on any atom is 0.0401 e. The van der Waals surface area contributed by atoms with Crippen molar-refractivity contribution in [3.05, 3.63) is 28.8 Å². The molecule has 0 bridgehead atoms. The molecular formula is C19H33N. The molecule has 0 atom stereocenters. The molecular weight excluding hydrogens is 242 g/mol. The Kier molecular flexibility index (Phi) is 7.72. The van der Waals surface area contributed by atoms with Gasteiger partial charge in [-0.25, -0.2) is 0 Å². The Morgan fingerprint density at radius 3 is 1.75 bits per heavy atom. The van der Waals surface area contributed by atoms with Gasteiger partial charge in [0.1, 0.15) is 0 Å². The van der Waals surface area contributed by atoms with Gasteiger partial charge < -0.3 is 4.90 Å². The lowest BCUT2D eigenvalue weighted by Crippen LogP contribution is -2.24. The zero-order valence-corrected chi connectivity index (χ0v) is 14.3. The molecule has 20 heavy (non-hydrogen) atoms. The highest BCUT2D eigenvalue weighted by atomic mass is 15.1. The Hall–Kier alpha value is -0.980. The van der Waals surface area contributed by atoms with Crippen molar-refractivity contribution < 1.29 is 0 Å². The van der Waals surface area contributed by atoms with E-state index in [1.807, 2.05) is 0 Å². The minimum absolute atomic E-state index is 1.10. The fourth-order valence-corrected chi connectivity index (χ4v) is 3.18. The maximum absolute atomic E-state index is 2.51. The largest absolute Gasteiger partial charge is 0.372 e. The fourth-order valence-electron chi connectivity index (χ4n) is 3.18. The Balaban J connectivity index is 3.33. The molecule has 1 heteroatoms. The predicted octanol–water partition coefficient (Wildman–Crippen LogP) is 5.39. The first kappa shape index (κ1) is 17.1. The lowest BCUT2D eigenvalue weighted by molar-refractivity contribution is 0.802. The van der Waals surface area contributed by atoms with E-state index in [1.165, 1.54) is 44.2 Å². The summed E-state index contributed by atoms with van der Waals surface area (Å²) >= 11 is 0. The summed E-state index contributed by atoms with van der Waals surface area (Å²) in [6, 6.07) is 4.77. The van der Waals surface area contributed by atoms with Crippen LogP contribution < -0.4 is 4.90 Å². The van der Waals surface area contributed by atoms with Crippen LogP contribution in [0.4, 0.5) is 5.69 Å². The zero-order chi connectivity index (χ0) is 15.0. The van der Waals surface area contributed by atoms with Gasteiger partial charge in [0.2, 0.25) is 0 Å². The van der Waals surface area contributed by atoms with Crippen LogP contribution in [-0.2, 0) is 19.3 Å². The lowest BCUT2D eigenvalue weighted by atomic mass is 9.90. The van der Waals surface area contributed by atoms with Crippen molar-refractivity contribution in [1.29, 1.82) is 0 Å². The summed E-state index contributed by atoms with van der Waals surface area (Å²) < 4.78 is 0. The van der Waals surface area contributed by atoms with Gasteiger partial charge in [-0.15, -0.1) is 0 Å². The van der Waals surface area contributed by atoms with Crippen LogP contribution in [0.5, 0.6) is 0 Å². The predicted molar refractivity (Wildman–Crippen MR) is 92.0 cm³/mol. The average Bonchev–Trinajstić information content (AvgIpc) is 2.46. The van der Waals surface area contributed by atoms with Crippen LogP contribution in [0.25, 0.3) is 0 Å². The van der Waals surface area contributed by atoms with Gasteiger partial charge in [-0.3, -0.25) is 0 Å². The number of hydrogen-bond acceptors (Lipinski definition) is 1. The van der Waals surface area contributed by atoms with Crippen molar-refractivity contribution in [2.45, 2.75) is 73.1 Å². The van der Waals surface area contributed by atoms with Gasteiger partial charge in [0.15, 0.2) is 0 Å². The molecule has 1 nitrogen and oxygen atoms in total. The highest BCUT2D eigenvalue weighted by Gasteiger charge is 2.15. The zero-order valence-electron chi connectivity index (χ0n) is 14.3. The van der Waals surface area contributed by atoms with Crippen molar-refractivity contribution in [2.75, 3.05) is 18.0 Å². The van der Waals surface area contributed by atoms with Gasteiger partial charge >= 0.3 is 0 Å². The summed E-state index contributed by atoms with van der Waals surface area (Å²) in [6.07, 6.45) is 7.41. The summed E-state index contributed by atoms with van der Waals surface area (Å²) in [5, 5.41) is 0. The standard InChI is InChI=1S/C19H33N/c1-6-11-16-14-15-19(20(9-4)10-5)18(13-8-3)17(16)12-7-2/h14-15H,6-13H2,1-5H3. The molecule has 0 fully saturated rings. The van der Waals surface area contributed by atoms with Crippen LogP contribution in [0.1, 0.15) is 70.6 Å². The molecule has 0 aliphatic carbocycles. The summed E-state index contributed by atoms with van der Waals surface area (Å²) in [5.41, 5.74) is 6.36. The molecule has 0 spiro atoms. The normalized spacial score (nSPS) is 10.8. The van der Waals surface area contributed by atoms with Crippen molar-refractivity contribution in [2.24, 2.45) is 0 Å². The molecule has 1 aromatic rings. The molecule has 114 valence electrons. The molecule has 0 heterocycles. The monoisotopic (exact) mass is 275 g/mol. The van der Waals surface area contributed by atoms with Crippen LogP contribution in [0.2, 0.25) is 0 Å². The fraction of sp³-hybridized carbons (Fsp3) is 0.684. The second-order valence-electron chi connectivity index (χ2n) is 5.62. The lowest BCUT2D eigenvalue weighted by Gasteiger charge is -2.27. The molecule has 0 aliphatic heterocycles. The highest BCUT2D eigenvalue weighted by molar-refractivity contribution is 5.59. The van der Waals surface area contributed by atoms with E-state index in [0.717, 1.165) is 13.1 Å². The van der Waals surface area contributed by atoms with E-state index in [-0.39, 0.29) is 0 Å². The number of aryl methyl sites for hydroxylation is 1. The first-order valence-corrected chi connectivity index (χ1v) is 8.61. The summed E-state index contributed by atoms with van der Waals surface area (Å²) in [5.74, 6) is 0. The Labute approximate surface area is 126 Å². The number of hydrogen-bond donors (Lipinski definition) is 0. The van der Waals surface area contributed by atoms with E-state index >= 15 is 0 Å². The number of anilines is 1. The summed E-state index contributed by atoms with van der Waals surface area (Å²) in [7, 11) is 0. The van der Waals surface area contributed by atoms with Crippen molar-refractivity contribution >= 4 is 5.69 Å². The third-order valence-electron chi connectivity index (χ3n) is 4.13. The Bertz CT molecular complexity index is 391. The molecule has 0 saturated heterocycles. The van der Waals surface area contributed by atoms with Gasteiger partial charge in [-0.05, 0) is 55.9 Å². The van der Waals surface area contributed by atoms with E-state index in [4.69, 9.17) is 0 Å². The second-order valence-corrected chi connectivity index (χ2v) is 5.62. The van der Waals surface area contributed by atoms with E-state index in [1.54, 1.807) is 16.7 Å². The third-order valence-corrected chi connectivity index (χ3v) is 4.13. The highest BCUT2D eigenvalue weighted by Crippen LogP contribution is 2.30. The van der Waals surface area contributed by atoms with Gasteiger partial charge in [0, 0.05) is 18.8 Å². The minimum Gasteiger partial charge on any atom is -0.372 e. The Morgan fingerprint density at radius 1 is 0.700 bits per heavy atom. The van der Waals surface area contributed by atoms with Gasteiger partial charge in [0.25, 0.3) is 0 Å². The molecule has 0 N–H and O–H groups in total. The molecule has 0 aromatic heterocycles. The third kappa shape index (κ3) is 4.01. The van der Waals surface area contributed by atoms with Crippen LogP contribution in [0.15, 0.2) is 12.1 Å². The van der Waals surface area contributed by atoms with Crippen LogP contribution >= 0.6 is 0 Å². The number of nitrogens with zero attached hydrogens (tertiary/aromatic N) is 1. The van der Waals surface area contributed by atoms with Gasteiger partial charge in [-0.1, -0.05) is 46.1 Å². The van der Waals surface area contributed by atoms with E-state index in [0.29, 0.717) is 0 Å². The summed E-state index contributed by atoms with van der Waals surface area (Å²) in [6.45, 7) is 13.6. The maximum atomic E-state index is 2.51. The first-order valence-electron chi connectivity index (χ1n) is 8.61. The smallest absolute Gasteiger partial charge is 0.0401 e. The molecule has 0 unspecified atom stereocenters. The SMILES string of the molecule is CCCc1ccc(N(CC)CC)c(CCC)c1CCC.